The van der Waals surface area contributed by atoms with E-state index in [2.05, 4.69) is 15.1 Å². The molecule has 3 heterocycles. The van der Waals surface area contributed by atoms with E-state index in [1.807, 2.05) is 0 Å². The SMILES string of the molecule is Cc1ncnc(N2CCN(S(=O)(=O)c3c(C)noc3C)CC2)c1F. The monoisotopic (exact) mass is 355 g/mol. The highest BCUT2D eigenvalue weighted by atomic mass is 32.2. The zero-order chi connectivity index (χ0) is 17.5. The molecule has 0 spiro atoms. The van der Waals surface area contributed by atoms with Gasteiger partial charge in [-0.2, -0.15) is 4.31 Å². The van der Waals surface area contributed by atoms with Gasteiger partial charge in [0.2, 0.25) is 10.0 Å². The summed E-state index contributed by atoms with van der Waals surface area (Å²) >= 11 is 0. The number of aromatic nitrogens is 3. The van der Waals surface area contributed by atoms with E-state index in [9.17, 15) is 12.8 Å². The summed E-state index contributed by atoms with van der Waals surface area (Å²) in [5, 5.41) is 3.70. The molecule has 1 fully saturated rings. The van der Waals surface area contributed by atoms with Gasteiger partial charge in [-0.3, -0.25) is 0 Å². The Kier molecular flexibility index (Phi) is 4.26. The number of halogens is 1. The van der Waals surface area contributed by atoms with E-state index >= 15 is 0 Å². The average Bonchev–Trinajstić information content (AvgIpc) is 2.89. The van der Waals surface area contributed by atoms with E-state index in [0.717, 1.165) is 0 Å². The van der Waals surface area contributed by atoms with Crippen LogP contribution in [0, 0.1) is 26.6 Å². The van der Waals surface area contributed by atoms with Crippen molar-refractivity contribution >= 4 is 15.8 Å². The fourth-order valence-corrected chi connectivity index (χ4v) is 4.49. The molecule has 1 saturated heterocycles. The Morgan fingerprint density at radius 1 is 1.08 bits per heavy atom. The predicted octanol–water partition coefficient (Wildman–Crippen LogP) is 1.04. The summed E-state index contributed by atoms with van der Waals surface area (Å²) in [5.74, 6) is 0.00353. The third-order valence-corrected chi connectivity index (χ3v) is 6.19. The average molecular weight is 355 g/mol. The Morgan fingerprint density at radius 2 is 1.75 bits per heavy atom. The normalized spacial score (nSPS) is 16.6. The molecule has 0 saturated carbocycles. The molecule has 1 aliphatic rings. The van der Waals surface area contributed by atoms with Crippen LogP contribution in [0.3, 0.4) is 0 Å². The summed E-state index contributed by atoms with van der Waals surface area (Å²) in [6.45, 7) is 5.88. The van der Waals surface area contributed by atoms with Crippen LogP contribution in [-0.2, 0) is 10.0 Å². The lowest BCUT2D eigenvalue weighted by Gasteiger charge is -2.34. The molecule has 24 heavy (non-hydrogen) atoms. The van der Waals surface area contributed by atoms with Crippen molar-refractivity contribution in [2.75, 3.05) is 31.1 Å². The number of piperazine rings is 1. The molecule has 2 aromatic rings. The maximum absolute atomic E-state index is 14.1. The zero-order valence-corrected chi connectivity index (χ0v) is 14.5. The summed E-state index contributed by atoms with van der Waals surface area (Å²) < 4.78 is 46.0. The maximum Gasteiger partial charge on any atom is 0.248 e. The molecule has 3 rings (SSSR count). The largest absolute Gasteiger partial charge is 0.360 e. The van der Waals surface area contributed by atoms with Crippen molar-refractivity contribution in [3.05, 3.63) is 29.3 Å². The second-order valence-electron chi connectivity index (χ2n) is 5.64. The van der Waals surface area contributed by atoms with E-state index in [4.69, 9.17) is 4.52 Å². The van der Waals surface area contributed by atoms with Crippen LogP contribution < -0.4 is 4.90 Å². The lowest BCUT2D eigenvalue weighted by Crippen LogP contribution is -2.49. The van der Waals surface area contributed by atoms with Crippen LogP contribution >= 0.6 is 0 Å². The van der Waals surface area contributed by atoms with Gasteiger partial charge in [0.05, 0.1) is 5.69 Å². The third kappa shape index (κ3) is 2.75. The molecule has 2 aromatic heterocycles. The molecule has 10 heteroatoms. The molecule has 0 radical (unpaired) electrons. The highest BCUT2D eigenvalue weighted by Gasteiger charge is 2.34. The Morgan fingerprint density at radius 3 is 2.33 bits per heavy atom. The number of anilines is 1. The van der Waals surface area contributed by atoms with Crippen LogP contribution in [0.25, 0.3) is 0 Å². The summed E-state index contributed by atoms with van der Waals surface area (Å²) in [4.78, 5) is 9.62. The van der Waals surface area contributed by atoms with Crippen LogP contribution in [0.4, 0.5) is 10.2 Å². The molecule has 0 aliphatic carbocycles. The maximum atomic E-state index is 14.1. The smallest absolute Gasteiger partial charge is 0.248 e. The van der Waals surface area contributed by atoms with Gasteiger partial charge < -0.3 is 9.42 Å². The number of hydrogen-bond acceptors (Lipinski definition) is 7. The summed E-state index contributed by atoms with van der Waals surface area (Å²) in [5.41, 5.74) is 0.609. The van der Waals surface area contributed by atoms with Gasteiger partial charge in [-0.25, -0.2) is 22.8 Å². The van der Waals surface area contributed by atoms with Crippen molar-refractivity contribution in [3.8, 4) is 0 Å². The Balaban J connectivity index is 1.79. The molecule has 0 atom stereocenters. The molecular weight excluding hydrogens is 337 g/mol. The van der Waals surface area contributed by atoms with Gasteiger partial charge in [0.15, 0.2) is 17.4 Å². The second kappa shape index (κ2) is 6.10. The molecule has 0 unspecified atom stereocenters. The van der Waals surface area contributed by atoms with Gasteiger partial charge >= 0.3 is 0 Å². The topological polar surface area (TPSA) is 92.4 Å². The number of rotatable bonds is 3. The van der Waals surface area contributed by atoms with Crippen molar-refractivity contribution in [2.24, 2.45) is 0 Å². The van der Waals surface area contributed by atoms with E-state index in [1.165, 1.54) is 10.6 Å². The fourth-order valence-electron chi connectivity index (χ4n) is 2.78. The van der Waals surface area contributed by atoms with E-state index in [0.29, 0.717) is 18.8 Å². The molecule has 1 aliphatic heterocycles. The van der Waals surface area contributed by atoms with Gasteiger partial charge in [-0.1, -0.05) is 5.16 Å². The molecular formula is C14H18FN5O3S. The lowest BCUT2D eigenvalue weighted by atomic mass is 10.3. The van der Waals surface area contributed by atoms with Crippen molar-refractivity contribution in [1.82, 2.24) is 19.4 Å². The summed E-state index contributed by atoms with van der Waals surface area (Å²) in [6, 6.07) is 0. The molecule has 0 bridgehead atoms. The number of sulfonamides is 1. The fraction of sp³-hybridized carbons (Fsp3) is 0.500. The highest BCUT2D eigenvalue weighted by Crippen LogP contribution is 2.25. The van der Waals surface area contributed by atoms with Gasteiger partial charge in [0.1, 0.15) is 16.9 Å². The summed E-state index contributed by atoms with van der Waals surface area (Å²) in [7, 11) is -3.68. The first kappa shape index (κ1) is 16.8. The van der Waals surface area contributed by atoms with Gasteiger partial charge in [-0.05, 0) is 20.8 Å². The highest BCUT2D eigenvalue weighted by molar-refractivity contribution is 7.89. The van der Waals surface area contributed by atoms with Gasteiger partial charge in [-0.15, -0.1) is 0 Å². The van der Waals surface area contributed by atoms with Crippen LogP contribution in [0.1, 0.15) is 17.1 Å². The third-order valence-electron chi connectivity index (χ3n) is 4.05. The predicted molar refractivity (Wildman–Crippen MR) is 83.7 cm³/mol. The first-order valence-electron chi connectivity index (χ1n) is 7.47. The quantitative estimate of drug-likeness (QED) is 0.812. The minimum atomic E-state index is -3.68. The summed E-state index contributed by atoms with van der Waals surface area (Å²) in [6.07, 6.45) is 1.31. The molecule has 8 nitrogen and oxygen atoms in total. The minimum absolute atomic E-state index is 0.111. The van der Waals surface area contributed by atoms with Crippen LogP contribution in [-0.4, -0.2) is 54.0 Å². The Labute approximate surface area is 139 Å². The van der Waals surface area contributed by atoms with Gasteiger partial charge in [0, 0.05) is 26.2 Å². The second-order valence-corrected chi connectivity index (χ2v) is 7.52. The van der Waals surface area contributed by atoms with Gasteiger partial charge in [0.25, 0.3) is 0 Å². The lowest BCUT2D eigenvalue weighted by molar-refractivity contribution is 0.376. The number of hydrogen-bond donors (Lipinski definition) is 0. The van der Waals surface area contributed by atoms with Crippen molar-refractivity contribution in [1.29, 1.82) is 0 Å². The first-order valence-corrected chi connectivity index (χ1v) is 8.91. The molecule has 0 aromatic carbocycles. The van der Waals surface area contributed by atoms with Crippen LogP contribution in [0.15, 0.2) is 15.7 Å². The van der Waals surface area contributed by atoms with Crippen LogP contribution in [0.2, 0.25) is 0 Å². The zero-order valence-electron chi connectivity index (χ0n) is 13.7. The first-order chi connectivity index (χ1) is 11.3. The van der Waals surface area contributed by atoms with E-state index in [1.54, 1.807) is 25.7 Å². The van der Waals surface area contributed by atoms with Crippen molar-refractivity contribution < 1.29 is 17.3 Å². The molecule has 130 valence electrons. The number of aryl methyl sites for hydroxylation is 3. The number of nitrogens with zero attached hydrogens (tertiary/aromatic N) is 5. The van der Waals surface area contributed by atoms with Crippen molar-refractivity contribution in [3.63, 3.8) is 0 Å². The standard InChI is InChI=1S/C14H18FN5O3S/c1-9-12(15)14(17-8-16-9)19-4-6-20(7-5-19)24(21,22)13-10(2)18-23-11(13)3/h8H,4-7H2,1-3H3. The van der Waals surface area contributed by atoms with E-state index < -0.39 is 15.8 Å². The van der Waals surface area contributed by atoms with E-state index in [-0.39, 0.29) is 35.3 Å². The van der Waals surface area contributed by atoms with Crippen molar-refractivity contribution in [2.45, 2.75) is 25.7 Å². The Hall–Kier alpha value is -2.07. The minimum Gasteiger partial charge on any atom is -0.360 e. The molecule has 0 amide bonds. The van der Waals surface area contributed by atoms with Crippen LogP contribution in [0.5, 0.6) is 0 Å². The molecule has 0 N–H and O–H groups in total. The Bertz CT molecular complexity index is 840.